The number of rotatable bonds is 5. The van der Waals surface area contributed by atoms with Crippen molar-refractivity contribution in [2.24, 2.45) is 0 Å². The minimum atomic E-state index is -0.980. The minimum absolute atomic E-state index is 0.127. The molecule has 0 radical (unpaired) electrons. The van der Waals surface area contributed by atoms with E-state index in [1.807, 2.05) is 31.0 Å². The van der Waals surface area contributed by atoms with E-state index in [-0.39, 0.29) is 36.3 Å². The molecule has 0 unspecified atom stereocenters. The predicted molar refractivity (Wildman–Crippen MR) is 133 cm³/mol. The van der Waals surface area contributed by atoms with Crippen molar-refractivity contribution >= 4 is 22.6 Å². The van der Waals surface area contributed by atoms with Gasteiger partial charge in [0.1, 0.15) is 35.6 Å². The highest BCUT2D eigenvalue weighted by Gasteiger charge is 2.29. The summed E-state index contributed by atoms with van der Waals surface area (Å²) < 4.78 is 58.4. The Labute approximate surface area is 211 Å². The lowest BCUT2D eigenvalue weighted by molar-refractivity contribution is -0.0179. The van der Waals surface area contributed by atoms with Gasteiger partial charge in [-0.2, -0.15) is 0 Å². The van der Waals surface area contributed by atoms with E-state index in [0.29, 0.717) is 34.4 Å². The summed E-state index contributed by atoms with van der Waals surface area (Å²) in [5.41, 5.74) is 3.15. The summed E-state index contributed by atoms with van der Waals surface area (Å²) in [5.74, 6) is -2.07. The second-order valence-corrected chi connectivity index (χ2v) is 8.97. The van der Waals surface area contributed by atoms with Gasteiger partial charge in [0.05, 0.1) is 11.7 Å². The van der Waals surface area contributed by atoms with Crippen LogP contribution < -0.4 is 15.0 Å². The van der Waals surface area contributed by atoms with Gasteiger partial charge in [-0.05, 0) is 49.4 Å². The molecule has 37 heavy (non-hydrogen) atoms. The van der Waals surface area contributed by atoms with E-state index in [4.69, 9.17) is 13.9 Å². The fraction of sp³-hybridized carbons (Fsp3) is 0.250. The second kappa shape index (κ2) is 9.82. The maximum atomic E-state index is 13.5. The number of fused-ring (bicyclic) bond motifs is 2. The van der Waals surface area contributed by atoms with Gasteiger partial charge < -0.3 is 24.1 Å². The van der Waals surface area contributed by atoms with Crippen molar-refractivity contribution in [3.8, 4) is 17.1 Å². The molecule has 1 amide bonds. The number of nitrogens with one attached hydrogen (secondary N) is 1. The Morgan fingerprint density at radius 3 is 2.54 bits per heavy atom. The molecule has 0 aliphatic carbocycles. The summed E-state index contributed by atoms with van der Waals surface area (Å²) >= 11 is 0. The molecule has 1 aliphatic rings. The summed E-state index contributed by atoms with van der Waals surface area (Å²) in [6, 6.07) is 12.9. The average molecular weight is 511 g/mol. The van der Waals surface area contributed by atoms with Crippen LogP contribution in [0, 0.1) is 17.5 Å². The smallest absolute Gasteiger partial charge is 0.255 e. The Morgan fingerprint density at radius 2 is 1.84 bits per heavy atom. The number of carbonyl (C=O) groups excluding carboxylic acids is 1. The first-order valence-corrected chi connectivity index (χ1v) is 11.8. The zero-order chi connectivity index (χ0) is 26.3. The van der Waals surface area contributed by atoms with E-state index >= 15 is 0 Å². The first-order valence-electron chi connectivity index (χ1n) is 11.8. The third-order valence-electron chi connectivity index (χ3n) is 6.45. The number of carbonyl (C=O) groups is 1. The molecule has 0 saturated carbocycles. The van der Waals surface area contributed by atoms with Gasteiger partial charge in [0, 0.05) is 55.0 Å². The Bertz CT molecular complexity index is 1470. The monoisotopic (exact) mass is 510 g/mol. The van der Waals surface area contributed by atoms with Crippen molar-refractivity contribution in [3.05, 3.63) is 83.2 Å². The second-order valence-electron chi connectivity index (χ2n) is 8.97. The largest absolute Gasteiger partial charge is 0.491 e. The Kier molecular flexibility index (Phi) is 6.55. The van der Waals surface area contributed by atoms with Gasteiger partial charge in [-0.25, -0.2) is 13.2 Å². The van der Waals surface area contributed by atoms with E-state index in [9.17, 15) is 18.0 Å². The zero-order valence-electron chi connectivity index (χ0n) is 20.5. The number of amides is 1. The molecule has 2 atom stereocenters. The number of halogens is 3. The lowest BCUT2D eigenvalue weighted by atomic mass is 10.00. The summed E-state index contributed by atoms with van der Waals surface area (Å²) in [7, 11) is 3.44. The number of ether oxygens (including phenoxy) is 2. The van der Waals surface area contributed by atoms with Crippen LogP contribution in [0.3, 0.4) is 0 Å². The van der Waals surface area contributed by atoms with Crippen molar-refractivity contribution in [3.63, 3.8) is 0 Å². The van der Waals surface area contributed by atoms with Gasteiger partial charge in [0.2, 0.25) is 0 Å². The normalized spacial score (nSPS) is 17.4. The van der Waals surface area contributed by atoms with E-state index in [0.717, 1.165) is 23.4 Å². The molecular formula is C28H25F3N2O4. The van der Waals surface area contributed by atoms with Crippen molar-refractivity contribution in [1.29, 1.82) is 0 Å². The maximum absolute atomic E-state index is 13.5. The molecule has 3 aromatic carbocycles. The Balaban J connectivity index is 1.48. The van der Waals surface area contributed by atoms with Crippen LogP contribution in [0.15, 0.2) is 59.0 Å². The van der Waals surface area contributed by atoms with Crippen molar-refractivity contribution in [2.75, 3.05) is 32.1 Å². The van der Waals surface area contributed by atoms with E-state index < -0.39 is 11.6 Å². The summed E-state index contributed by atoms with van der Waals surface area (Å²) in [6.45, 7) is 2.48. The highest BCUT2D eigenvalue weighted by molar-refractivity contribution is 6.11. The van der Waals surface area contributed by atoms with Crippen LogP contribution >= 0.6 is 0 Å². The third-order valence-corrected chi connectivity index (χ3v) is 6.45. The molecule has 0 fully saturated rings. The molecule has 192 valence electrons. The molecule has 0 saturated heterocycles. The van der Waals surface area contributed by atoms with Gasteiger partial charge in [0.15, 0.2) is 11.6 Å². The molecular weight excluding hydrogens is 485 g/mol. The molecule has 4 aromatic rings. The van der Waals surface area contributed by atoms with Gasteiger partial charge in [0.25, 0.3) is 5.91 Å². The SMILES string of the molecule is CNC(=O)c1c(-c2ccc(F)cc2)oc2cc3c(cc12)[C@H](C)O[C@H](COc1ccc(F)c(F)c1)CN3C. The number of anilines is 1. The molecule has 2 heterocycles. The Hall–Kier alpha value is -3.98. The summed E-state index contributed by atoms with van der Waals surface area (Å²) in [6.07, 6.45) is -0.746. The van der Waals surface area contributed by atoms with Crippen LogP contribution in [-0.4, -0.2) is 39.3 Å². The van der Waals surface area contributed by atoms with E-state index in [2.05, 4.69) is 5.32 Å². The number of hydrogen-bond donors (Lipinski definition) is 1. The minimum Gasteiger partial charge on any atom is -0.491 e. The van der Waals surface area contributed by atoms with Crippen molar-refractivity contribution < 1.29 is 31.9 Å². The molecule has 1 aromatic heterocycles. The summed E-state index contributed by atoms with van der Waals surface area (Å²) in [5, 5.41) is 3.27. The molecule has 6 nitrogen and oxygen atoms in total. The lowest BCUT2D eigenvalue weighted by Crippen LogP contribution is -2.33. The molecule has 1 N–H and O–H groups in total. The molecule has 1 aliphatic heterocycles. The number of nitrogens with zero attached hydrogens (tertiary/aromatic N) is 1. The fourth-order valence-corrected chi connectivity index (χ4v) is 4.62. The molecule has 0 bridgehead atoms. The number of furan rings is 1. The van der Waals surface area contributed by atoms with Gasteiger partial charge in [-0.1, -0.05) is 0 Å². The number of benzene rings is 3. The van der Waals surface area contributed by atoms with Crippen LogP contribution in [0.1, 0.15) is 28.9 Å². The topological polar surface area (TPSA) is 63.9 Å². The summed E-state index contributed by atoms with van der Waals surface area (Å²) in [4.78, 5) is 14.9. The first kappa shape index (κ1) is 24.7. The highest BCUT2D eigenvalue weighted by Crippen LogP contribution is 2.41. The standard InChI is InChI=1S/C28H25F3N2O4/c1-15-20-11-21-25(37-27(26(21)28(34)32-2)16-4-6-17(29)7-5-16)12-24(20)33(3)13-19(36-15)14-35-18-8-9-22(30)23(31)10-18/h4-12,15,19H,13-14H2,1-3H3,(H,32,34)/t15-,19-/m0/s1. The quantitative estimate of drug-likeness (QED) is 0.365. The van der Waals surface area contributed by atoms with Gasteiger partial charge in [-0.15, -0.1) is 0 Å². The zero-order valence-corrected chi connectivity index (χ0v) is 20.5. The average Bonchev–Trinajstić information content (AvgIpc) is 3.21. The van der Waals surface area contributed by atoms with E-state index in [1.54, 1.807) is 12.1 Å². The van der Waals surface area contributed by atoms with Crippen LogP contribution in [0.5, 0.6) is 5.75 Å². The van der Waals surface area contributed by atoms with Gasteiger partial charge >= 0.3 is 0 Å². The third kappa shape index (κ3) is 4.74. The molecule has 9 heteroatoms. The number of hydrogen-bond acceptors (Lipinski definition) is 5. The van der Waals surface area contributed by atoms with Crippen LogP contribution in [0.25, 0.3) is 22.3 Å². The fourth-order valence-electron chi connectivity index (χ4n) is 4.62. The number of likely N-dealkylation sites (N-methyl/N-ethyl adjacent to an activating group) is 1. The van der Waals surface area contributed by atoms with Crippen molar-refractivity contribution in [1.82, 2.24) is 5.32 Å². The van der Waals surface area contributed by atoms with Crippen LogP contribution in [0.2, 0.25) is 0 Å². The predicted octanol–water partition coefficient (Wildman–Crippen LogP) is 5.85. The maximum Gasteiger partial charge on any atom is 0.255 e. The van der Waals surface area contributed by atoms with Gasteiger partial charge in [-0.3, -0.25) is 4.79 Å². The molecule has 5 rings (SSSR count). The van der Waals surface area contributed by atoms with E-state index in [1.165, 1.54) is 25.2 Å². The Morgan fingerprint density at radius 1 is 1.08 bits per heavy atom. The van der Waals surface area contributed by atoms with Crippen LogP contribution in [-0.2, 0) is 4.74 Å². The van der Waals surface area contributed by atoms with Crippen molar-refractivity contribution in [2.45, 2.75) is 19.1 Å². The molecule has 0 spiro atoms. The first-order chi connectivity index (χ1) is 17.7. The highest BCUT2D eigenvalue weighted by atomic mass is 19.2. The van der Waals surface area contributed by atoms with Crippen LogP contribution in [0.4, 0.5) is 18.9 Å². The lowest BCUT2D eigenvalue weighted by Gasteiger charge is -2.23.